The van der Waals surface area contributed by atoms with E-state index in [1.54, 1.807) is 4.68 Å². The van der Waals surface area contributed by atoms with E-state index in [1.165, 1.54) is 44.9 Å². The van der Waals surface area contributed by atoms with Crippen LogP contribution < -0.4 is 10.6 Å². The number of anilines is 1. The Hall–Kier alpha value is -2.30. The van der Waals surface area contributed by atoms with Crippen LogP contribution in [0.5, 0.6) is 0 Å². The third-order valence-electron chi connectivity index (χ3n) is 4.51. The predicted molar refractivity (Wildman–Crippen MR) is 108 cm³/mol. The van der Waals surface area contributed by atoms with E-state index in [-0.39, 0.29) is 6.03 Å². The fourth-order valence-electron chi connectivity index (χ4n) is 2.96. The lowest BCUT2D eigenvalue weighted by molar-refractivity contribution is 0.251. The maximum Gasteiger partial charge on any atom is 0.320 e. The van der Waals surface area contributed by atoms with Crippen molar-refractivity contribution < 1.29 is 4.79 Å². The van der Waals surface area contributed by atoms with Crippen molar-refractivity contribution in [3.05, 3.63) is 36.4 Å². The van der Waals surface area contributed by atoms with Crippen LogP contribution >= 0.6 is 0 Å². The molecule has 1 heterocycles. The van der Waals surface area contributed by atoms with Crippen molar-refractivity contribution in [3.63, 3.8) is 0 Å². The van der Waals surface area contributed by atoms with E-state index in [0.29, 0.717) is 12.4 Å². The van der Waals surface area contributed by atoms with Gasteiger partial charge in [-0.2, -0.15) is 5.10 Å². The Bertz CT molecular complexity index is 651. The maximum absolute atomic E-state index is 12.1. The van der Waals surface area contributed by atoms with Gasteiger partial charge in [0.25, 0.3) is 0 Å². The number of benzene rings is 1. The molecule has 0 radical (unpaired) electrons. The van der Waals surface area contributed by atoms with E-state index in [4.69, 9.17) is 0 Å². The highest BCUT2D eigenvalue weighted by Gasteiger charge is 2.09. The molecule has 2 N–H and O–H groups in total. The molecule has 2 aromatic rings. The van der Waals surface area contributed by atoms with Gasteiger partial charge in [0, 0.05) is 25.2 Å². The van der Waals surface area contributed by atoms with Gasteiger partial charge in [-0.3, -0.25) is 10.00 Å². The van der Waals surface area contributed by atoms with Crippen LogP contribution in [0, 0.1) is 0 Å². The van der Waals surface area contributed by atoms with Crippen LogP contribution in [0.2, 0.25) is 0 Å². The summed E-state index contributed by atoms with van der Waals surface area (Å²) in [6.45, 7) is 2.95. The second-order valence-electron chi connectivity index (χ2n) is 6.76. The number of hydrogen-bond donors (Lipinski definition) is 2. The minimum Gasteiger partial charge on any atom is -0.338 e. The average Bonchev–Trinajstić information content (AvgIpc) is 3.01. The largest absolute Gasteiger partial charge is 0.338 e. The van der Waals surface area contributed by atoms with Crippen molar-refractivity contribution in [2.45, 2.75) is 58.3 Å². The molecule has 0 aliphatic heterocycles. The summed E-state index contributed by atoms with van der Waals surface area (Å²) >= 11 is 0. The molecule has 0 bridgehead atoms. The summed E-state index contributed by atoms with van der Waals surface area (Å²) in [6, 6.07) is 11.7. The quantitative estimate of drug-likeness (QED) is 0.533. The van der Waals surface area contributed by atoms with Crippen molar-refractivity contribution in [3.8, 4) is 11.3 Å². The maximum atomic E-state index is 12.1. The normalized spacial score (nSPS) is 10.7. The lowest BCUT2D eigenvalue weighted by Crippen LogP contribution is -2.30. The van der Waals surface area contributed by atoms with E-state index in [1.807, 2.05) is 43.4 Å². The molecular weight excluding hydrogens is 324 g/mol. The van der Waals surface area contributed by atoms with E-state index < -0.39 is 0 Å². The average molecular weight is 357 g/mol. The number of aromatic nitrogens is 2. The Morgan fingerprint density at radius 2 is 1.65 bits per heavy atom. The van der Waals surface area contributed by atoms with E-state index in [2.05, 4.69) is 22.7 Å². The molecule has 5 heteroatoms. The molecular formula is C21H32N4O. The highest BCUT2D eigenvalue weighted by Crippen LogP contribution is 2.20. The summed E-state index contributed by atoms with van der Waals surface area (Å²) in [5, 5.41) is 10.3. The minimum atomic E-state index is -0.171. The minimum absolute atomic E-state index is 0.171. The van der Waals surface area contributed by atoms with Gasteiger partial charge in [0.15, 0.2) is 0 Å². The zero-order valence-electron chi connectivity index (χ0n) is 16.1. The second kappa shape index (κ2) is 11.3. The molecule has 0 spiro atoms. The van der Waals surface area contributed by atoms with Crippen molar-refractivity contribution in [1.29, 1.82) is 0 Å². The fourth-order valence-corrected chi connectivity index (χ4v) is 2.96. The molecule has 0 aliphatic rings. The molecule has 2 rings (SSSR count). The number of carbonyl (C=O) groups is 1. The molecule has 0 aliphatic carbocycles. The third-order valence-corrected chi connectivity index (χ3v) is 4.51. The van der Waals surface area contributed by atoms with Crippen LogP contribution in [0.25, 0.3) is 11.3 Å². The molecule has 1 aromatic carbocycles. The Morgan fingerprint density at radius 3 is 2.35 bits per heavy atom. The lowest BCUT2D eigenvalue weighted by atomic mass is 10.1. The summed E-state index contributed by atoms with van der Waals surface area (Å²) < 4.78 is 1.69. The molecule has 26 heavy (non-hydrogen) atoms. The number of urea groups is 1. The van der Waals surface area contributed by atoms with Crippen molar-refractivity contribution >= 4 is 11.8 Å². The SMILES string of the molecule is CCCCCCCCCCNC(=O)Nc1cc(-c2ccccc2)nn1C. The number of rotatable bonds is 11. The first kappa shape index (κ1) is 20.0. The highest BCUT2D eigenvalue weighted by atomic mass is 16.2. The van der Waals surface area contributed by atoms with Gasteiger partial charge >= 0.3 is 6.03 Å². The van der Waals surface area contributed by atoms with Gasteiger partial charge in [-0.25, -0.2) is 4.79 Å². The fraction of sp³-hybridized carbons (Fsp3) is 0.524. The predicted octanol–water partition coefficient (Wildman–Crippen LogP) is 5.35. The Kier molecular flexibility index (Phi) is 8.73. The number of aryl methyl sites for hydroxylation is 1. The van der Waals surface area contributed by atoms with Gasteiger partial charge < -0.3 is 5.32 Å². The first-order chi connectivity index (χ1) is 12.7. The van der Waals surface area contributed by atoms with Gasteiger partial charge in [0.05, 0.1) is 5.69 Å². The Balaban J connectivity index is 1.65. The number of carbonyl (C=O) groups excluding carboxylic acids is 1. The summed E-state index contributed by atoms with van der Waals surface area (Å²) in [5.41, 5.74) is 1.89. The topological polar surface area (TPSA) is 59.0 Å². The molecule has 2 amide bonds. The van der Waals surface area contributed by atoms with Crippen molar-refractivity contribution in [2.75, 3.05) is 11.9 Å². The van der Waals surface area contributed by atoms with Gasteiger partial charge in [-0.1, -0.05) is 82.2 Å². The smallest absolute Gasteiger partial charge is 0.320 e. The molecule has 0 unspecified atom stereocenters. The van der Waals surface area contributed by atoms with E-state index >= 15 is 0 Å². The highest BCUT2D eigenvalue weighted by molar-refractivity contribution is 5.89. The van der Waals surface area contributed by atoms with E-state index in [0.717, 1.165) is 17.7 Å². The van der Waals surface area contributed by atoms with Crippen molar-refractivity contribution in [1.82, 2.24) is 15.1 Å². The van der Waals surface area contributed by atoms with Gasteiger partial charge in [0.1, 0.15) is 5.82 Å². The zero-order chi connectivity index (χ0) is 18.6. The Labute approximate surface area is 157 Å². The first-order valence-corrected chi connectivity index (χ1v) is 9.85. The molecule has 0 saturated heterocycles. The first-order valence-electron chi connectivity index (χ1n) is 9.85. The lowest BCUT2D eigenvalue weighted by Gasteiger charge is -2.07. The number of nitrogens with one attached hydrogen (secondary N) is 2. The summed E-state index contributed by atoms with van der Waals surface area (Å²) in [5.74, 6) is 0.692. The summed E-state index contributed by atoms with van der Waals surface area (Å²) in [7, 11) is 1.83. The Morgan fingerprint density at radius 1 is 1.00 bits per heavy atom. The molecule has 0 fully saturated rings. The van der Waals surface area contributed by atoms with Crippen LogP contribution in [0.4, 0.5) is 10.6 Å². The van der Waals surface area contributed by atoms with Crippen LogP contribution in [-0.4, -0.2) is 22.4 Å². The van der Waals surface area contributed by atoms with Crippen LogP contribution in [0.15, 0.2) is 36.4 Å². The molecule has 1 aromatic heterocycles. The molecule has 5 nitrogen and oxygen atoms in total. The van der Waals surface area contributed by atoms with Crippen molar-refractivity contribution in [2.24, 2.45) is 7.05 Å². The number of amides is 2. The van der Waals surface area contributed by atoms with Gasteiger partial charge in [0.2, 0.25) is 0 Å². The van der Waals surface area contributed by atoms with Gasteiger partial charge in [-0.05, 0) is 6.42 Å². The number of nitrogens with zero attached hydrogens (tertiary/aromatic N) is 2. The second-order valence-corrected chi connectivity index (χ2v) is 6.76. The monoisotopic (exact) mass is 356 g/mol. The molecule has 0 saturated carbocycles. The number of hydrogen-bond acceptors (Lipinski definition) is 2. The standard InChI is InChI=1S/C21H32N4O/c1-3-4-5-6-7-8-9-13-16-22-21(26)23-20-17-19(24-25(20)2)18-14-11-10-12-15-18/h10-12,14-15,17H,3-9,13,16H2,1-2H3,(H2,22,23,26). The summed E-state index contributed by atoms with van der Waals surface area (Å²) in [6.07, 6.45) is 10.1. The van der Waals surface area contributed by atoms with Gasteiger partial charge in [-0.15, -0.1) is 0 Å². The molecule has 142 valence electrons. The zero-order valence-corrected chi connectivity index (χ0v) is 16.1. The molecule has 0 atom stereocenters. The van der Waals surface area contributed by atoms with Crippen LogP contribution in [0.3, 0.4) is 0 Å². The summed E-state index contributed by atoms with van der Waals surface area (Å²) in [4.78, 5) is 12.1. The van der Waals surface area contributed by atoms with Crippen LogP contribution in [0.1, 0.15) is 58.3 Å². The van der Waals surface area contributed by atoms with E-state index in [9.17, 15) is 4.79 Å². The van der Waals surface area contributed by atoms with Crippen LogP contribution in [-0.2, 0) is 7.05 Å². The third kappa shape index (κ3) is 6.90. The number of unbranched alkanes of at least 4 members (excludes halogenated alkanes) is 7.